The molecular weight excluding hydrogens is 400 g/mol. The summed E-state index contributed by atoms with van der Waals surface area (Å²) in [6, 6.07) is 15.2. The number of fused-ring (bicyclic) bond motifs is 1. The fourth-order valence-corrected chi connectivity index (χ4v) is 2.77. The van der Waals surface area contributed by atoms with Crippen LogP contribution >= 0.6 is 0 Å². The first-order chi connectivity index (χ1) is 15.0. The maximum atomic E-state index is 12.6. The minimum Gasteiger partial charge on any atom is -0.491 e. The van der Waals surface area contributed by atoms with E-state index in [1.165, 1.54) is 6.07 Å². The maximum Gasteiger partial charge on any atom is 0.347 e. The van der Waals surface area contributed by atoms with Gasteiger partial charge in [0.15, 0.2) is 5.78 Å². The van der Waals surface area contributed by atoms with Crippen LogP contribution in [0.2, 0.25) is 0 Å². The molecule has 31 heavy (non-hydrogen) atoms. The lowest BCUT2D eigenvalue weighted by atomic mass is 10.0. The summed E-state index contributed by atoms with van der Waals surface area (Å²) >= 11 is 0. The van der Waals surface area contributed by atoms with E-state index in [1.54, 1.807) is 62.4 Å². The van der Waals surface area contributed by atoms with Crippen molar-refractivity contribution in [2.45, 2.75) is 13.8 Å². The second-order valence-electron chi connectivity index (χ2n) is 7.13. The predicted octanol–water partition coefficient (Wildman–Crippen LogP) is 3.62. The van der Waals surface area contributed by atoms with Crippen molar-refractivity contribution < 1.29 is 28.2 Å². The van der Waals surface area contributed by atoms with E-state index in [9.17, 15) is 14.4 Å². The van der Waals surface area contributed by atoms with Gasteiger partial charge in [0.05, 0.1) is 19.1 Å². The van der Waals surface area contributed by atoms with E-state index >= 15 is 0 Å². The van der Waals surface area contributed by atoms with Crippen LogP contribution in [0.25, 0.3) is 11.0 Å². The number of ketones is 1. The predicted molar refractivity (Wildman–Crippen MR) is 114 cm³/mol. The van der Waals surface area contributed by atoms with Crippen LogP contribution in [-0.2, 0) is 14.3 Å². The average Bonchev–Trinajstić information content (AvgIpc) is 2.77. The highest BCUT2D eigenvalue weighted by atomic mass is 16.6. The zero-order valence-electron chi connectivity index (χ0n) is 17.5. The molecule has 0 unspecified atom stereocenters. The molecule has 0 radical (unpaired) electrons. The smallest absolute Gasteiger partial charge is 0.347 e. The Balaban J connectivity index is 1.55. The summed E-state index contributed by atoms with van der Waals surface area (Å²) in [6.45, 7) is 4.61. The second kappa shape index (κ2) is 10.5. The van der Waals surface area contributed by atoms with Crippen LogP contribution < -0.4 is 10.4 Å². The van der Waals surface area contributed by atoms with Gasteiger partial charge in [-0.1, -0.05) is 44.2 Å². The number of hydrogen-bond donors (Lipinski definition) is 0. The monoisotopic (exact) mass is 424 g/mol. The summed E-state index contributed by atoms with van der Waals surface area (Å²) in [5.41, 5.74) is 0.0402. The molecule has 0 aliphatic carbocycles. The zero-order valence-corrected chi connectivity index (χ0v) is 17.5. The molecule has 0 saturated carbocycles. The number of carbonyl (C=O) groups is 2. The highest BCUT2D eigenvalue weighted by molar-refractivity contribution is 6.09. The quantitative estimate of drug-likeness (QED) is 0.212. The number of esters is 1. The van der Waals surface area contributed by atoms with E-state index in [0.717, 1.165) is 0 Å². The van der Waals surface area contributed by atoms with Crippen LogP contribution in [0.3, 0.4) is 0 Å². The number of carbonyl (C=O) groups excluding carboxylic acids is 2. The van der Waals surface area contributed by atoms with E-state index in [4.69, 9.17) is 18.6 Å². The highest BCUT2D eigenvalue weighted by Crippen LogP contribution is 2.21. The normalized spacial score (nSPS) is 10.9. The van der Waals surface area contributed by atoms with Gasteiger partial charge in [0.1, 0.15) is 30.1 Å². The third kappa shape index (κ3) is 6.02. The molecule has 7 heteroatoms. The van der Waals surface area contributed by atoms with Gasteiger partial charge in [-0.2, -0.15) is 0 Å². The number of benzene rings is 2. The van der Waals surface area contributed by atoms with E-state index < -0.39 is 5.63 Å². The zero-order chi connectivity index (χ0) is 22.2. The molecule has 2 aromatic carbocycles. The molecule has 0 saturated heterocycles. The molecule has 1 aromatic heterocycles. The Morgan fingerprint density at radius 2 is 1.68 bits per heavy atom. The van der Waals surface area contributed by atoms with Crippen LogP contribution in [0.5, 0.6) is 5.75 Å². The van der Waals surface area contributed by atoms with Crippen molar-refractivity contribution in [3.8, 4) is 5.75 Å². The van der Waals surface area contributed by atoms with Gasteiger partial charge in [0.25, 0.3) is 0 Å². The molecule has 0 amide bonds. The third-order valence-electron chi connectivity index (χ3n) is 4.43. The minimum atomic E-state index is -0.696. The standard InChI is InChI=1S/C24H24O7/c1-16(2)23(26)30-13-11-28-10-12-29-19-9-8-18-14-20(24(27)31-21(18)15-19)22(25)17-6-4-3-5-7-17/h3-9,14-16H,10-13H2,1-2H3. The molecule has 0 aliphatic heterocycles. The molecule has 0 bridgehead atoms. The molecule has 0 spiro atoms. The maximum absolute atomic E-state index is 12.6. The van der Waals surface area contributed by atoms with Crippen molar-refractivity contribution in [1.82, 2.24) is 0 Å². The van der Waals surface area contributed by atoms with Crippen LogP contribution in [0.4, 0.5) is 0 Å². The summed E-state index contributed by atoms with van der Waals surface area (Å²) in [4.78, 5) is 36.2. The highest BCUT2D eigenvalue weighted by Gasteiger charge is 2.16. The average molecular weight is 424 g/mol. The second-order valence-corrected chi connectivity index (χ2v) is 7.13. The SMILES string of the molecule is CC(C)C(=O)OCCOCCOc1ccc2cc(C(=O)c3ccccc3)c(=O)oc2c1. The molecule has 0 N–H and O–H groups in total. The Bertz CT molecular complexity index is 1100. The summed E-state index contributed by atoms with van der Waals surface area (Å²) < 4.78 is 21.3. The summed E-state index contributed by atoms with van der Waals surface area (Å²) in [5.74, 6) is -0.296. The Kier molecular flexibility index (Phi) is 7.56. The van der Waals surface area contributed by atoms with Gasteiger partial charge in [-0.25, -0.2) is 4.79 Å². The molecule has 162 valence electrons. The van der Waals surface area contributed by atoms with Gasteiger partial charge in [-0.3, -0.25) is 9.59 Å². The number of ether oxygens (including phenoxy) is 3. The molecule has 0 fully saturated rings. The molecule has 3 rings (SSSR count). The van der Waals surface area contributed by atoms with E-state index in [0.29, 0.717) is 28.9 Å². The third-order valence-corrected chi connectivity index (χ3v) is 4.43. The first-order valence-corrected chi connectivity index (χ1v) is 10.0. The Morgan fingerprint density at radius 1 is 0.935 bits per heavy atom. The van der Waals surface area contributed by atoms with Gasteiger partial charge in [-0.05, 0) is 18.2 Å². The van der Waals surface area contributed by atoms with Gasteiger partial charge < -0.3 is 18.6 Å². The summed E-state index contributed by atoms with van der Waals surface area (Å²) in [7, 11) is 0. The van der Waals surface area contributed by atoms with Crippen molar-refractivity contribution in [2.24, 2.45) is 5.92 Å². The lowest BCUT2D eigenvalue weighted by Crippen LogP contribution is -2.16. The topological polar surface area (TPSA) is 92.0 Å². The summed E-state index contributed by atoms with van der Waals surface area (Å²) in [6.07, 6.45) is 0. The fraction of sp³-hybridized carbons (Fsp3) is 0.292. The van der Waals surface area contributed by atoms with Crippen LogP contribution in [-0.4, -0.2) is 38.2 Å². The molecule has 0 atom stereocenters. The first-order valence-electron chi connectivity index (χ1n) is 10.0. The Hall–Kier alpha value is -3.45. The van der Waals surface area contributed by atoms with Crippen molar-refractivity contribution in [1.29, 1.82) is 0 Å². The van der Waals surface area contributed by atoms with Crippen molar-refractivity contribution >= 4 is 22.7 Å². The van der Waals surface area contributed by atoms with Gasteiger partial charge in [0, 0.05) is 17.0 Å². The minimum absolute atomic E-state index is 0.0149. The van der Waals surface area contributed by atoms with E-state index in [1.807, 2.05) is 0 Å². The lowest BCUT2D eigenvalue weighted by molar-refractivity contribution is -0.148. The van der Waals surface area contributed by atoms with Crippen molar-refractivity contribution in [3.63, 3.8) is 0 Å². The Labute approximate surface area is 179 Å². The fourth-order valence-electron chi connectivity index (χ4n) is 2.77. The van der Waals surface area contributed by atoms with Crippen LogP contribution in [0.15, 0.2) is 63.8 Å². The molecule has 1 heterocycles. The first kappa shape index (κ1) is 22.2. The van der Waals surface area contributed by atoms with Gasteiger partial charge in [0.2, 0.25) is 0 Å². The van der Waals surface area contributed by atoms with E-state index in [-0.39, 0.29) is 43.1 Å². The van der Waals surface area contributed by atoms with Crippen LogP contribution in [0.1, 0.15) is 29.8 Å². The largest absolute Gasteiger partial charge is 0.491 e. The number of rotatable bonds is 10. The molecule has 0 aliphatic rings. The van der Waals surface area contributed by atoms with Crippen molar-refractivity contribution in [3.05, 3.63) is 76.1 Å². The van der Waals surface area contributed by atoms with Gasteiger partial charge in [-0.15, -0.1) is 0 Å². The summed E-state index contributed by atoms with van der Waals surface area (Å²) in [5, 5.41) is 0.620. The Morgan fingerprint density at radius 3 is 2.42 bits per heavy atom. The van der Waals surface area contributed by atoms with E-state index in [2.05, 4.69) is 0 Å². The van der Waals surface area contributed by atoms with Crippen molar-refractivity contribution in [2.75, 3.05) is 26.4 Å². The molecule has 7 nitrogen and oxygen atoms in total. The molecule has 3 aromatic rings. The van der Waals surface area contributed by atoms with Gasteiger partial charge >= 0.3 is 11.6 Å². The number of hydrogen-bond acceptors (Lipinski definition) is 7. The lowest BCUT2D eigenvalue weighted by Gasteiger charge is -2.09. The molecular formula is C24H24O7. The van der Waals surface area contributed by atoms with Crippen LogP contribution in [0, 0.1) is 5.92 Å².